The van der Waals surface area contributed by atoms with Crippen LogP contribution in [0.15, 0.2) is 60.9 Å². The van der Waals surface area contributed by atoms with Crippen molar-refractivity contribution in [1.82, 2.24) is 41.9 Å². The number of hydrogen-bond donors (Lipinski definition) is 11. The second kappa shape index (κ2) is 18.2. The number of rotatable bonds is 18. The number of carbonyl (C=O) groups excluding carboxylic acids is 4. The SMILES string of the molecule is CC(C)[C@H](NC(=O)[C@H](Cc1c[nH]c2ccccc12)NC(=O)[C@H](CCCNC(=N)N)NC(=O)[C@H](Cc1c[nH]c2ccccc12)NC(=O)[C@@H]1CCCN1)C(=O)O. The fourth-order valence-corrected chi connectivity index (χ4v) is 6.75. The zero-order valence-corrected chi connectivity index (χ0v) is 30.5. The molecule has 54 heavy (non-hydrogen) atoms. The fourth-order valence-electron chi connectivity index (χ4n) is 6.75. The number of guanidine groups is 1. The molecule has 0 bridgehead atoms. The summed E-state index contributed by atoms with van der Waals surface area (Å²) < 4.78 is 0. The molecule has 2 aromatic heterocycles. The lowest BCUT2D eigenvalue weighted by molar-refractivity contribution is -0.143. The van der Waals surface area contributed by atoms with Gasteiger partial charge in [0.15, 0.2) is 5.96 Å². The third kappa shape index (κ3) is 10.2. The highest BCUT2D eigenvalue weighted by Gasteiger charge is 2.34. The van der Waals surface area contributed by atoms with E-state index in [1.54, 1.807) is 26.2 Å². The molecule has 5 rings (SSSR count). The van der Waals surface area contributed by atoms with E-state index in [0.717, 1.165) is 39.4 Å². The Morgan fingerprint density at radius 1 is 0.815 bits per heavy atom. The number of aromatic amines is 2. The average Bonchev–Trinajstić information content (AvgIpc) is 3.92. The van der Waals surface area contributed by atoms with E-state index in [1.165, 1.54) is 0 Å². The van der Waals surface area contributed by atoms with Gasteiger partial charge in [-0.2, -0.15) is 0 Å². The number of carbonyl (C=O) groups is 5. The number of aliphatic carboxylic acids is 1. The van der Waals surface area contributed by atoms with Gasteiger partial charge in [-0.1, -0.05) is 50.2 Å². The van der Waals surface area contributed by atoms with Crippen LogP contribution in [0.1, 0.15) is 50.7 Å². The topological polar surface area (TPSA) is 259 Å². The predicted molar refractivity (Wildman–Crippen MR) is 204 cm³/mol. The molecule has 0 unspecified atom stereocenters. The zero-order valence-electron chi connectivity index (χ0n) is 30.5. The first-order valence-electron chi connectivity index (χ1n) is 18.3. The molecule has 0 spiro atoms. The summed E-state index contributed by atoms with van der Waals surface area (Å²) >= 11 is 0. The summed E-state index contributed by atoms with van der Waals surface area (Å²) in [4.78, 5) is 73.9. The normalized spacial score (nSPS) is 16.3. The van der Waals surface area contributed by atoms with Crippen molar-refractivity contribution in [3.63, 3.8) is 0 Å². The van der Waals surface area contributed by atoms with Gasteiger partial charge in [-0.05, 0) is 61.4 Å². The van der Waals surface area contributed by atoms with E-state index >= 15 is 0 Å². The zero-order chi connectivity index (χ0) is 38.8. The number of nitrogens with one attached hydrogen (secondary N) is 9. The van der Waals surface area contributed by atoms with E-state index in [-0.39, 0.29) is 37.7 Å². The highest BCUT2D eigenvalue weighted by molar-refractivity contribution is 5.96. The van der Waals surface area contributed by atoms with Crippen LogP contribution in [0, 0.1) is 11.3 Å². The summed E-state index contributed by atoms with van der Waals surface area (Å²) in [6, 6.07) is 9.94. The minimum absolute atomic E-state index is 0.0201. The van der Waals surface area contributed by atoms with E-state index in [1.807, 2.05) is 48.5 Å². The van der Waals surface area contributed by atoms with Crippen molar-refractivity contribution < 1.29 is 29.1 Å². The maximum Gasteiger partial charge on any atom is 0.326 e. The molecule has 4 aromatic rings. The van der Waals surface area contributed by atoms with Crippen molar-refractivity contribution in [2.45, 2.75) is 82.6 Å². The Balaban J connectivity index is 1.41. The molecule has 288 valence electrons. The maximum absolute atomic E-state index is 14.2. The van der Waals surface area contributed by atoms with Gasteiger partial charge < -0.3 is 52.7 Å². The third-order valence-electron chi connectivity index (χ3n) is 9.69. The van der Waals surface area contributed by atoms with Crippen molar-refractivity contribution in [2.75, 3.05) is 13.1 Å². The molecule has 1 aliphatic heterocycles. The molecule has 1 saturated heterocycles. The van der Waals surface area contributed by atoms with Crippen LogP contribution in [0.25, 0.3) is 21.8 Å². The van der Waals surface area contributed by atoms with Gasteiger partial charge in [0.05, 0.1) is 6.04 Å². The first-order valence-corrected chi connectivity index (χ1v) is 18.3. The summed E-state index contributed by atoms with van der Waals surface area (Å²) in [5.41, 5.74) is 8.67. The molecule has 0 radical (unpaired) electrons. The van der Waals surface area contributed by atoms with Gasteiger partial charge in [-0.15, -0.1) is 0 Å². The lowest BCUT2D eigenvalue weighted by Gasteiger charge is -2.27. The van der Waals surface area contributed by atoms with Crippen molar-refractivity contribution in [2.24, 2.45) is 11.7 Å². The van der Waals surface area contributed by atoms with Gasteiger partial charge in [-0.25, -0.2) is 4.79 Å². The van der Waals surface area contributed by atoms with E-state index in [0.29, 0.717) is 19.4 Å². The highest BCUT2D eigenvalue weighted by Crippen LogP contribution is 2.21. The Hall–Kier alpha value is -5.90. The van der Waals surface area contributed by atoms with Crippen LogP contribution in [0.4, 0.5) is 0 Å². The van der Waals surface area contributed by atoms with Gasteiger partial charge in [0.2, 0.25) is 23.6 Å². The molecule has 4 amide bonds. The fraction of sp³-hybridized carbons (Fsp3) is 0.421. The minimum Gasteiger partial charge on any atom is -0.480 e. The van der Waals surface area contributed by atoms with Crippen LogP contribution in [0.5, 0.6) is 0 Å². The molecule has 3 heterocycles. The van der Waals surface area contributed by atoms with E-state index in [9.17, 15) is 29.1 Å². The number of carboxylic acids is 1. The van der Waals surface area contributed by atoms with Crippen LogP contribution < -0.4 is 37.6 Å². The number of carboxylic acid groups (broad SMARTS) is 1. The Kier molecular flexibility index (Phi) is 13.3. The van der Waals surface area contributed by atoms with Crippen molar-refractivity contribution in [1.29, 1.82) is 5.41 Å². The number of amides is 4. The highest BCUT2D eigenvalue weighted by atomic mass is 16.4. The lowest BCUT2D eigenvalue weighted by atomic mass is 10.0. The molecule has 0 saturated carbocycles. The number of hydrogen-bond acceptors (Lipinski definition) is 7. The number of H-pyrrole nitrogens is 2. The molecule has 1 fully saturated rings. The number of nitrogens with two attached hydrogens (primary N) is 1. The lowest BCUT2D eigenvalue weighted by Crippen LogP contribution is -2.59. The standard InChI is InChI=1S/C38H50N10O6/c1-21(2)32(37(53)54)48-36(52)31(18-23-20-44-27-12-6-4-10-25(23)27)47-34(50)29(14-8-16-42-38(39)40)45-35(51)30(46-33(49)28-13-7-15-41-28)17-22-19-43-26-11-5-3-9-24(22)26/h3-6,9-12,19-21,28-32,41,43-44H,7-8,13-18H2,1-2H3,(H,45,51)(H,46,49)(H,47,50)(H,48,52)(H,53,54)(H4,39,40,42)/t28-,29-,30-,31-,32-/m0/s1. The van der Waals surface area contributed by atoms with Crippen LogP contribution >= 0.6 is 0 Å². The Morgan fingerprint density at radius 3 is 1.89 bits per heavy atom. The number of fused-ring (bicyclic) bond motifs is 2. The first-order chi connectivity index (χ1) is 25.9. The summed E-state index contributed by atoms with van der Waals surface area (Å²) in [6.45, 7) is 4.25. The predicted octanol–water partition coefficient (Wildman–Crippen LogP) is 1.13. The molecular weight excluding hydrogens is 692 g/mol. The summed E-state index contributed by atoms with van der Waals surface area (Å²) in [5.74, 6) is -4.22. The summed E-state index contributed by atoms with van der Waals surface area (Å²) in [7, 11) is 0. The van der Waals surface area contributed by atoms with Crippen molar-refractivity contribution in [3.8, 4) is 0 Å². The quantitative estimate of drug-likeness (QED) is 0.0396. The minimum atomic E-state index is -1.22. The Labute approximate surface area is 312 Å². The summed E-state index contributed by atoms with van der Waals surface area (Å²) in [6.07, 6.45) is 5.51. The van der Waals surface area contributed by atoms with Gasteiger partial charge >= 0.3 is 5.97 Å². The van der Waals surface area contributed by atoms with Crippen LogP contribution in [0.3, 0.4) is 0 Å². The average molecular weight is 743 g/mol. The first kappa shape index (κ1) is 39.3. The van der Waals surface area contributed by atoms with Crippen LogP contribution in [-0.4, -0.2) is 93.9 Å². The van der Waals surface area contributed by atoms with Gasteiger partial charge in [-0.3, -0.25) is 24.6 Å². The van der Waals surface area contributed by atoms with E-state index in [2.05, 4.69) is 41.9 Å². The van der Waals surface area contributed by atoms with E-state index in [4.69, 9.17) is 11.1 Å². The molecule has 12 N–H and O–H groups in total. The number of benzene rings is 2. The summed E-state index contributed by atoms with van der Waals surface area (Å²) in [5, 5.41) is 36.0. The molecular formula is C38H50N10O6. The molecule has 16 heteroatoms. The van der Waals surface area contributed by atoms with Gasteiger partial charge in [0.1, 0.15) is 24.2 Å². The van der Waals surface area contributed by atoms with Gasteiger partial charge in [0.25, 0.3) is 0 Å². The molecule has 1 aliphatic rings. The number of para-hydroxylation sites is 2. The second-order valence-corrected chi connectivity index (χ2v) is 14.0. The molecule has 2 aromatic carbocycles. The van der Waals surface area contributed by atoms with Gasteiger partial charge in [0, 0.05) is 53.6 Å². The van der Waals surface area contributed by atoms with Crippen molar-refractivity contribution >= 4 is 57.4 Å². The maximum atomic E-state index is 14.2. The largest absolute Gasteiger partial charge is 0.480 e. The third-order valence-corrected chi connectivity index (χ3v) is 9.69. The number of aromatic nitrogens is 2. The van der Waals surface area contributed by atoms with Crippen molar-refractivity contribution in [3.05, 3.63) is 72.1 Å². The molecule has 5 atom stereocenters. The van der Waals surface area contributed by atoms with Crippen LogP contribution in [0.2, 0.25) is 0 Å². The molecule has 0 aliphatic carbocycles. The second-order valence-electron chi connectivity index (χ2n) is 14.0. The monoisotopic (exact) mass is 742 g/mol. The molecule has 16 nitrogen and oxygen atoms in total. The Morgan fingerprint density at radius 2 is 1.35 bits per heavy atom. The van der Waals surface area contributed by atoms with Crippen LogP contribution in [-0.2, 0) is 36.8 Å². The van der Waals surface area contributed by atoms with E-state index < -0.39 is 59.8 Å². The Bertz CT molecular complexity index is 1970. The smallest absolute Gasteiger partial charge is 0.326 e.